The molecule has 1 fully saturated rings. The first kappa shape index (κ1) is 11.5. The maximum atomic E-state index is 11.7. The van der Waals surface area contributed by atoms with Crippen LogP contribution in [-0.4, -0.2) is 29.9 Å². The Bertz CT molecular complexity index is 192. The van der Waals surface area contributed by atoms with E-state index in [0.29, 0.717) is 24.4 Å². The summed E-state index contributed by atoms with van der Waals surface area (Å²) in [5.74, 6) is 0.889. The summed E-state index contributed by atoms with van der Waals surface area (Å²) in [6.07, 6.45) is 3.87. The monoisotopic (exact) mass is 198 g/mol. The third-order valence-corrected chi connectivity index (χ3v) is 2.98. The molecule has 1 atom stereocenters. The molecule has 1 saturated heterocycles. The fraction of sp³-hybridized carbons (Fsp3) is 0.909. The van der Waals surface area contributed by atoms with Crippen molar-refractivity contribution < 1.29 is 4.79 Å². The summed E-state index contributed by atoms with van der Waals surface area (Å²) in [7, 11) is 0. The quantitative estimate of drug-likeness (QED) is 0.741. The highest BCUT2D eigenvalue weighted by Crippen LogP contribution is 2.23. The number of likely N-dealkylation sites (tertiary alicyclic amines) is 1. The highest BCUT2D eigenvalue weighted by molar-refractivity contribution is 5.77. The molecule has 2 N–H and O–H groups in total. The van der Waals surface area contributed by atoms with Crippen molar-refractivity contribution in [3.63, 3.8) is 0 Å². The topological polar surface area (TPSA) is 46.3 Å². The van der Waals surface area contributed by atoms with Gasteiger partial charge in [0.2, 0.25) is 5.91 Å². The van der Waals surface area contributed by atoms with Crippen LogP contribution in [0.2, 0.25) is 0 Å². The molecule has 1 aliphatic rings. The lowest BCUT2D eigenvalue weighted by Crippen LogP contribution is -2.47. The average molecular weight is 198 g/mol. The van der Waals surface area contributed by atoms with Crippen molar-refractivity contribution in [3.8, 4) is 0 Å². The number of nitrogens with zero attached hydrogens (tertiary/aromatic N) is 1. The first-order chi connectivity index (χ1) is 6.66. The first-order valence-electron chi connectivity index (χ1n) is 5.66. The van der Waals surface area contributed by atoms with E-state index in [9.17, 15) is 4.79 Å². The molecule has 0 spiro atoms. The third kappa shape index (κ3) is 2.71. The van der Waals surface area contributed by atoms with E-state index in [-0.39, 0.29) is 0 Å². The summed E-state index contributed by atoms with van der Waals surface area (Å²) in [6, 6.07) is 0.447. The van der Waals surface area contributed by atoms with Gasteiger partial charge in [-0.2, -0.15) is 0 Å². The predicted molar refractivity (Wildman–Crippen MR) is 57.9 cm³/mol. The molecule has 3 heteroatoms. The van der Waals surface area contributed by atoms with Gasteiger partial charge < -0.3 is 10.6 Å². The van der Waals surface area contributed by atoms with E-state index in [2.05, 4.69) is 13.8 Å². The number of rotatable bonds is 4. The van der Waals surface area contributed by atoms with Crippen LogP contribution >= 0.6 is 0 Å². The van der Waals surface area contributed by atoms with Crippen molar-refractivity contribution in [2.45, 2.75) is 45.6 Å². The van der Waals surface area contributed by atoms with Crippen LogP contribution in [-0.2, 0) is 4.79 Å². The van der Waals surface area contributed by atoms with E-state index < -0.39 is 0 Å². The molecule has 1 unspecified atom stereocenters. The zero-order valence-corrected chi connectivity index (χ0v) is 9.33. The van der Waals surface area contributed by atoms with Crippen LogP contribution in [0.1, 0.15) is 39.5 Å². The van der Waals surface area contributed by atoms with Crippen LogP contribution in [0, 0.1) is 5.92 Å². The summed E-state index contributed by atoms with van der Waals surface area (Å²) < 4.78 is 0. The van der Waals surface area contributed by atoms with Gasteiger partial charge in [0.1, 0.15) is 0 Å². The Hall–Kier alpha value is -0.570. The number of piperidine rings is 1. The van der Waals surface area contributed by atoms with Crippen molar-refractivity contribution in [1.29, 1.82) is 0 Å². The molecule has 3 nitrogen and oxygen atoms in total. The fourth-order valence-corrected chi connectivity index (χ4v) is 2.19. The zero-order chi connectivity index (χ0) is 10.6. The van der Waals surface area contributed by atoms with Gasteiger partial charge in [-0.15, -0.1) is 0 Å². The van der Waals surface area contributed by atoms with Gasteiger partial charge >= 0.3 is 0 Å². The van der Waals surface area contributed by atoms with E-state index in [1.165, 1.54) is 0 Å². The second-order valence-electron chi connectivity index (χ2n) is 4.43. The summed E-state index contributed by atoms with van der Waals surface area (Å²) in [5.41, 5.74) is 5.47. The lowest BCUT2D eigenvalue weighted by atomic mass is 9.92. The van der Waals surface area contributed by atoms with Crippen LogP contribution in [0.3, 0.4) is 0 Å². The maximum Gasteiger partial charge on any atom is 0.222 e. The second-order valence-corrected chi connectivity index (χ2v) is 4.43. The summed E-state index contributed by atoms with van der Waals surface area (Å²) in [6.45, 7) is 5.91. The molecule has 0 aromatic carbocycles. The fourth-order valence-electron chi connectivity index (χ4n) is 2.19. The molecular formula is C11H22N2O. The zero-order valence-electron chi connectivity index (χ0n) is 9.33. The van der Waals surface area contributed by atoms with Crippen LogP contribution in [0.15, 0.2) is 0 Å². The van der Waals surface area contributed by atoms with Gasteiger partial charge in [0.05, 0.1) is 0 Å². The van der Waals surface area contributed by atoms with Crippen LogP contribution < -0.4 is 5.73 Å². The lowest BCUT2D eigenvalue weighted by molar-refractivity contribution is -0.137. The molecule has 1 aliphatic heterocycles. The van der Waals surface area contributed by atoms with Gasteiger partial charge in [0.15, 0.2) is 0 Å². The lowest BCUT2D eigenvalue weighted by Gasteiger charge is -2.38. The van der Waals surface area contributed by atoms with E-state index in [4.69, 9.17) is 5.73 Å². The normalized spacial score (nSPS) is 23.3. The Morgan fingerprint density at radius 2 is 2.29 bits per heavy atom. The molecule has 0 aromatic rings. The van der Waals surface area contributed by atoms with E-state index in [0.717, 1.165) is 32.2 Å². The van der Waals surface area contributed by atoms with Crippen molar-refractivity contribution >= 4 is 5.91 Å². The smallest absolute Gasteiger partial charge is 0.222 e. The molecule has 0 saturated carbocycles. The SMILES string of the molecule is CC(C)C1CCCC(=O)N1CCCN. The molecule has 1 amide bonds. The van der Waals surface area contributed by atoms with Crippen LogP contribution in [0.4, 0.5) is 0 Å². The van der Waals surface area contributed by atoms with Gasteiger partial charge in [-0.25, -0.2) is 0 Å². The van der Waals surface area contributed by atoms with Crippen molar-refractivity contribution in [2.75, 3.05) is 13.1 Å². The molecule has 82 valence electrons. The predicted octanol–water partition coefficient (Wildman–Crippen LogP) is 1.37. The molecule has 14 heavy (non-hydrogen) atoms. The Balaban J connectivity index is 2.56. The number of hydrogen-bond acceptors (Lipinski definition) is 2. The highest BCUT2D eigenvalue weighted by atomic mass is 16.2. The van der Waals surface area contributed by atoms with Crippen LogP contribution in [0.5, 0.6) is 0 Å². The van der Waals surface area contributed by atoms with Crippen LogP contribution in [0.25, 0.3) is 0 Å². The molecule has 0 radical (unpaired) electrons. The van der Waals surface area contributed by atoms with E-state index >= 15 is 0 Å². The van der Waals surface area contributed by atoms with Gasteiger partial charge in [-0.3, -0.25) is 4.79 Å². The van der Waals surface area contributed by atoms with E-state index in [1.54, 1.807) is 0 Å². The molecular weight excluding hydrogens is 176 g/mol. The van der Waals surface area contributed by atoms with Crippen molar-refractivity contribution in [3.05, 3.63) is 0 Å². The minimum atomic E-state index is 0.323. The Morgan fingerprint density at radius 1 is 1.57 bits per heavy atom. The standard InChI is InChI=1S/C11H22N2O/c1-9(2)10-5-3-6-11(14)13(10)8-4-7-12/h9-10H,3-8,12H2,1-2H3. The molecule has 0 aromatic heterocycles. The number of carbonyl (C=O) groups excluding carboxylic acids is 1. The summed E-state index contributed by atoms with van der Waals surface area (Å²) in [5, 5.41) is 0. The Morgan fingerprint density at radius 3 is 2.86 bits per heavy atom. The highest BCUT2D eigenvalue weighted by Gasteiger charge is 2.29. The number of hydrogen-bond donors (Lipinski definition) is 1. The summed E-state index contributed by atoms with van der Waals surface area (Å²) >= 11 is 0. The number of amides is 1. The number of carbonyl (C=O) groups is 1. The molecule has 1 rings (SSSR count). The van der Waals surface area contributed by atoms with Gasteiger partial charge in [0, 0.05) is 19.0 Å². The van der Waals surface area contributed by atoms with Gasteiger partial charge in [-0.1, -0.05) is 13.8 Å². The maximum absolute atomic E-state index is 11.7. The van der Waals surface area contributed by atoms with Gasteiger partial charge in [-0.05, 0) is 31.7 Å². The Labute approximate surface area is 86.6 Å². The minimum absolute atomic E-state index is 0.323. The second kappa shape index (κ2) is 5.35. The number of nitrogens with two attached hydrogens (primary N) is 1. The van der Waals surface area contributed by atoms with Crippen molar-refractivity contribution in [1.82, 2.24) is 4.90 Å². The summed E-state index contributed by atoms with van der Waals surface area (Å²) in [4.78, 5) is 13.7. The molecule has 1 heterocycles. The first-order valence-corrected chi connectivity index (χ1v) is 5.66. The minimum Gasteiger partial charge on any atom is -0.339 e. The Kier molecular flexibility index (Phi) is 4.39. The average Bonchev–Trinajstić information content (AvgIpc) is 2.15. The van der Waals surface area contributed by atoms with Crippen molar-refractivity contribution in [2.24, 2.45) is 11.7 Å². The van der Waals surface area contributed by atoms with E-state index in [1.807, 2.05) is 4.90 Å². The molecule has 0 aliphatic carbocycles. The largest absolute Gasteiger partial charge is 0.339 e. The molecule has 0 bridgehead atoms. The third-order valence-electron chi connectivity index (χ3n) is 2.98. The van der Waals surface area contributed by atoms with Gasteiger partial charge in [0.25, 0.3) is 0 Å².